The molecule has 0 heterocycles. The summed E-state index contributed by atoms with van der Waals surface area (Å²) in [4.78, 5) is 10.5. The van der Waals surface area contributed by atoms with Crippen molar-refractivity contribution < 1.29 is 9.80 Å². The van der Waals surface area contributed by atoms with Gasteiger partial charge >= 0.3 is 0 Å². The van der Waals surface area contributed by atoms with E-state index in [4.69, 9.17) is 0 Å². The lowest BCUT2D eigenvalue weighted by Crippen LogP contribution is -2.98. The number of benzene rings is 1. The maximum Gasteiger partial charge on any atom is 0.246 e. The Morgan fingerprint density at radius 2 is 2.13 bits per heavy atom. The second-order valence-corrected chi connectivity index (χ2v) is 3.18. The topological polar surface area (TPSA) is 83.0 Å². The van der Waals surface area contributed by atoms with Crippen LogP contribution in [0.5, 0.6) is 0 Å². The van der Waals surface area contributed by atoms with Gasteiger partial charge in [-0.05, 0) is 12.1 Å². The summed E-state index contributed by atoms with van der Waals surface area (Å²) in [5, 5.41) is 24.7. The number of hydrogen-bond acceptors (Lipinski definition) is 4. The van der Waals surface area contributed by atoms with Gasteiger partial charge in [0.05, 0.1) is 7.05 Å². The molecule has 0 fully saturated rings. The summed E-state index contributed by atoms with van der Waals surface area (Å²) in [6, 6.07) is 2.73. The van der Waals surface area contributed by atoms with Crippen LogP contribution in [0.25, 0.3) is 0 Å². The van der Waals surface area contributed by atoms with Crippen LogP contribution in [0.1, 0.15) is 5.56 Å². The number of nitrogens with zero attached hydrogens (tertiary/aromatic N) is 2. The molecule has 15 heavy (non-hydrogen) atoms. The summed E-state index contributed by atoms with van der Waals surface area (Å²) >= 11 is 0. The third-order valence-electron chi connectivity index (χ3n) is 2.07. The minimum absolute atomic E-state index is 0.0625. The van der Waals surface area contributed by atoms with Crippen LogP contribution in [0, 0.1) is 22.2 Å². The van der Waals surface area contributed by atoms with Gasteiger partial charge in [-0.15, -0.1) is 4.91 Å². The number of aryl methyl sites for hydroxylation is 1. The van der Waals surface area contributed by atoms with E-state index in [1.165, 1.54) is 19.2 Å². The van der Waals surface area contributed by atoms with E-state index >= 15 is 0 Å². The zero-order valence-electron chi connectivity index (χ0n) is 8.48. The van der Waals surface area contributed by atoms with Gasteiger partial charge in [-0.1, -0.05) is 0 Å². The number of nitrogens with one attached hydrogen (secondary N) is 1. The Morgan fingerprint density at radius 1 is 1.53 bits per heavy atom. The third-order valence-corrected chi connectivity index (χ3v) is 2.07. The van der Waals surface area contributed by atoms with E-state index in [1.54, 1.807) is 6.92 Å². The Hall–Kier alpha value is -1.79. The highest BCUT2D eigenvalue weighted by atomic mass is 16.5. The molecule has 0 amide bonds. The third kappa shape index (κ3) is 2.17. The minimum atomic E-state index is -0.175. The first kappa shape index (κ1) is 11.3. The highest BCUT2D eigenvalue weighted by Crippen LogP contribution is 2.31. The average molecular weight is 209 g/mol. The van der Waals surface area contributed by atoms with Crippen molar-refractivity contribution in [2.45, 2.75) is 6.92 Å². The van der Waals surface area contributed by atoms with Gasteiger partial charge in [-0.3, -0.25) is 0 Å². The first-order valence-electron chi connectivity index (χ1n) is 4.24. The molecule has 0 aliphatic carbocycles. The maximum atomic E-state index is 11.2. The molecule has 0 aliphatic heterocycles. The summed E-state index contributed by atoms with van der Waals surface area (Å²) in [7, 11) is 1.38. The Kier molecular flexibility index (Phi) is 3.13. The van der Waals surface area contributed by atoms with Crippen molar-refractivity contribution in [3.63, 3.8) is 0 Å². The van der Waals surface area contributed by atoms with Gasteiger partial charge < -0.3 is 15.5 Å². The molecule has 0 saturated carbocycles. The number of hydrogen-bond donors (Lipinski definition) is 1. The van der Waals surface area contributed by atoms with Crippen molar-refractivity contribution in [2.75, 3.05) is 7.05 Å². The first-order chi connectivity index (χ1) is 6.97. The Morgan fingerprint density at radius 3 is 2.53 bits per heavy atom. The lowest BCUT2D eigenvalue weighted by atomic mass is 10.1. The Labute approximate surface area is 86.6 Å². The predicted molar refractivity (Wildman–Crippen MR) is 57.0 cm³/mol. The standard InChI is InChI=1S/C9H11N3O3/c1-6-4-9(12(3)15)7(10-13)5-8(6)11(2)14/h4-5,11H,3H2,1-2H3. The number of quaternary nitrogens is 1. The molecule has 80 valence electrons. The van der Waals surface area contributed by atoms with E-state index in [2.05, 4.69) is 11.9 Å². The van der Waals surface area contributed by atoms with Crippen LogP contribution in [-0.2, 0) is 0 Å². The summed E-state index contributed by atoms with van der Waals surface area (Å²) < 4.78 is 0.299. The van der Waals surface area contributed by atoms with Gasteiger partial charge in [-0.2, -0.15) is 4.74 Å². The van der Waals surface area contributed by atoms with Crippen LogP contribution in [0.2, 0.25) is 0 Å². The fraction of sp³-hybridized carbons (Fsp3) is 0.222. The normalized spacial score (nSPS) is 12.2. The molecule has 0 radical (unpaired) electrons. The van der Waals surface area contributed by atoms with E-state index in [0.29, 0.717) is 16.0 Å². The van der Waals surface area contributed by atoms with E-state index in [-0.39, 0.29) is 16.4 Å². The van der Waals surface area contributed by atoms with Gasteiger partial charge in [0, 0.05) is 17.7 Å². The molecular weight excluding hydrogens is 198 g/mol. The highest BCUT2D eigenvalue weighted by molar-refractivity contribution is 5.65. The molecule has 6 nitrogen and oxygen atoms in total. The van der Waals surface area contributed by atoms with Crippen molar-refractivity contribution in [3.05, 3.63) is 33.0 Å². The van der Waals surface area contributed by atoms with E-state index in [0.717, 1.165) is 0 Å². The van der Waals surface area contributed by atoms with Crippen molar-refractivity contribution in [1.82, 2.24) is 0 Å². The van der Waals surface area contributed by atoms with Crippen molar-refractivity contribution in [1.29, 1.82) is 0 Å². The van der Waals surface area contributed by atoms with E-state index in [1.807, 2.05) is 0 Å². The van der Waals surface area contributed by atoms with Crippen molar-refractivity contribution in [2.24, 2.45) is 5.18 Å². The second-order valence-electron chi connectivity index (χ2n) is 3.18. The first-order valence-corrected chi connectivity index (χ1v) is 4.24. The van der Waals surface area contributed by atoms with Crippen LogP contribution < -0.4 is 5.06 Å². The van der Waals surface area contributed by atoms with Crippen LogP contribution in [0.4, 0.5) is 17.1 Å². The monoisotopic (exact) mass is 209 g/mol. The lowest BCUT2D eigenvalue weighted by Gasteiger charge is -2.18. The summed E-state index contributed by atoms with van der Waals surface area (Å²) in [5.74, 6) is 0. The molecule has 0 spiro atoms. The molecule has 1 atom stereocenters. The molecule has 0 saturated heterocycles. The minimum Gasteiger partial charge on any atom is -0.629 e. The average Bonchev–Trinajstić information content (AvgIpc) is 2.16. The summed E-state index contributed by atoms with van der Waals surface area (Å²) in [5.41, 5.74) is 0.993. The van der Waals surface area contributed by atoms with Gasteiger partial charge in [0.25, 0.3) is 0 Å². The zero-order valence-corrected chi connectivity index (χ0v) is 8.48. The summed E-state index contributed by atoms with van der Waals surface area (Å²) in [6.07, 6.45) is 0. The predicted octanol–water partition coefficient (Wildman–Crippen LogP) is 0.879. The van der Waals surface area contributed by atoms with Crippen LogP contribution in [0.3, 0.4) is 0 Å². The summed E-state index contributed by atoms with van der Waals surface area (Å²) in [6.45, 7) is 4.81. The molecule has 1 rings (SSSR count). The molecular formula is C9H11N3O3. The molecule has 0 aliphatic rings. The van der Waals surface area contributed by atoms with Crippen LogP contribution in [-0.4, -0.2) is 18.5 Å². The van der Waals surface area contributed by atoms with Gasteiger partial charge in [-0.25, -0.2) is 0 Å². The largest absolute Gasteiger partial charge is 0.629 e. The molecule has 6 heteroatoms. The quantitative estimate of drug-likeness (QED) is 0.264. The molecule has 1 unspecified atom stereocenters. The van der Waals surface area contributed by atoms with Gasteiger partial charge in [0.2, 0.25) is 5.69 Å². The van der Waals surface area contributed by atoms with E-state index < -0.39 is 0 Å². The molecule has 1 N–H and O–H groups in total. The van der Waals surface area contributed by atoms with Crippen LogP contribution in [0.15, 0.2) is 17.3 Å². The fourth-order valence-electron chi connectivity index (χ4n) is 1.33. The molecule has 0 aromatic heterocycles. The van der Waals surface area contributed by atoms with E-state index in [9.17, 15) is 15.3 Å². The van der Waals surface area contributed by atoms with Gasteiger partial charge in [0.15, 0.2) is 5.69 Å². The number of hydroxylamine groups is 1. The number of nitroso groups, excluding NO2 is 1. The van der Waals surface area contributed by atoms with Gasteiger partial charge in [0.1, 0.15) is 12.4 Å². The zero-order chi connectivity index (χ0) is 11.6. The van der Waals surface area contributed by atoms with Crippen molar-refractivity contribution >= 4 is 23.8 Å². The lowest BCUT2D eigenvalue weighted by molar-refractivity contribution is -0.751. The van der Waals surface area contributed by atoms with Crippen LogP contribution >= 0.6 is 0 Å². The molecule has 0 bridgehead atoms. The molecule has 1 aromatic rings. The Bertz CT molecular complexity index is 415. The fourth-order valence-corrected chi connectivity index (χ4v) is 1.33. The maximum absolute atomic E-state index is 11.2. The SMILES string of the molecule is C=[N+]([O-])c1cc(C)c([NH+](C)[O-])cc1N=O. The Balaban J connectivity index is 3.42. The number of rotatable bonds is 3. The second kappa shape index (κ2) is 4.16. The molecule has 1 aromatic carbocycles. The highest BCUT2D eigenvalue weighted by Gasteiger charge is 2.15. The van der Waals surface area contributed by atoms with Crippen molar-refractivity contribution in [3.8, 4) is 0 Å². The smallest absolute Gasteiger partial charge is 0.246 e.